The summed E-state index contributed by atoms with van der Waals surface area (Å²) in [7, 11) is 0. The van der Waals surface area contributed by atoms with Gasteiger partial charge in [-0.15, -0.1) is 10.2 Å². The van der Waals surface area contributed by atoms with Crippen LogP contribution in [0.15, 0.2) is 71.6 Å². The topological polar surface area (TPSA) is 85.8 Å². The monoisotopic (exact) mass is 349 g/mol. The van der Waals surface area contributed by atoms with Gasteiger partial charge in [0.15, 0.2) is 5.69 Å². The lowest BCUT2D eigenvalue weighted by atomic mass is 10.2. The number of carbonyl (C=O) groups is 1. The van der Waals surface area contributed by atoms with Crippen molar-refractivity contribution in [3.8, 4) is 17.1 Å². The molecule has 0 atom stereocenters. The minimum absolute atomic E-state index is 0.234. The molecule has 0 saturated heterocycles. The van der Waals surface area contributed by atoms with Gasteiger partial charge in [-0.25, -0.2) is 9.07 Å². The van der Waals surface area contributed by atoms with Crippen molar-refractivity contribution in [3.05, 3.63) is 78.7 Å². The van der Waals surface area contributed by atoms with Crippen LogP contribution in [0.4, 0.5) is 10.1 Å². The normalized spacial score (nSPS) is 10.7. The van der Waals surface area contributed by atoms with E-state index in [0.29, 0.717) is 22.8 Å². The fourth-order valence-electron chi connectivity index (χ4n) is 2.41. The van der Waals surface area contributed by atoms with Crippen LogP contribution in [0, 0.1) is 5.82 Å². The van der Waals surface area contributed by atoms with E-state index in [1.807, 2.05) is 0 Å². The van der Waals surface area contributed by atoms with Crippen LogP contribution in [0.2, 0.25) is 0 Å². The molecule has 7 nitrogen and oxygen atoms in total. The number of carbonyl (C=O) groups excluding carboxylic acids is 1. The Morgan fingerprint density at radius 2 is 1.96 bits per heavy atom. The van der Waals surface area contributed by atoms with Gasteiger partial charge >= 0.3 is 0 Å². The van der Waals surface area contributed by atoms with Crippen LogP contribution in [0.1, 0.15) is 10.5 Å². The van der Waals surface area contributed by atoms with Crippen LogP contribution < -0.4 is 5.32 Å². The number of hydrogen-bond acceptors (Lipinski definition) is 5. The number of hydrogen-bond donors (Lipinski definition) is 1. The molecule has 0 aliphatic rings. The third kappa shape index (κ3) is 3.20. The Hall–Kier alpha value is -3.81. The molecule has 0 spiro atoms. The van der Waals surface area contributed by atoms with Crippen LogP contribution in [-0.2, 0) is 0 Å². The molecule has 8 heteroatoms. The van der Waals surface area contributed by atoms with Crippen LogP contribution in [0.3, 0.4) is 0 Å². The first-order chi connectivity index (χ1) is 12.7. The van der Waals surface area contributed by atoms with E-state index in [-0.39, 0.29) is 17.4 Å². The van der Waals surface area contributed by atoms with Crippen LogP contribution in [0.25, 0.3) is 17.1 Å². The van der Waals surface area contributed by atoms with Gasteiger partial charge in [-0.2, -0.15) is 5.10 Å². The lowest BCUT2D eigenvalue weighted by molar-refractivity contribution is 0.102. The lowest BCUT2D eigenvalue weighted by Crippen LogP contribution is -2.13. The Kier molecular flexibility index (Phi) is 3.98. The Labute approximate surface area is 147 Å². The molecule has 128 valence electrons. The third-order valence-electron chi connectivity index (χ3n) is 3.64. The molecule has 0 saturated carbocycles. The van der Waals surface area contributed by atoms with Crippen molar-refractivity contribution in [3.63, 3.8) is 0 Å². The summed E-state index contributed by atoms with van der Waals surface area (Å²) in [5, 5.41) is 14.5. The average molecular weight is 349 g/mol. The maximum Gasteiger partial charge on any atom is 0.276 e. The fraction of sp³-hybridized carbons (Fsp3) is 0. The molecule has 0 unspecified atom stereocenters. The van der Waals surface area contributed by atoms with E-state index in [4.69, 9.17) is 4.42 Å². The largest absolute Gasteiger partial charge is 0.423 e. The molecule has 0 radical (unpaired) electrons. The van der Waals surface area contributed by atoms with E-state index >= 15 is 0 Å². The number of anilines is 1. The summed E-state index contributed by atoms with van der Waals surface area (Å²) in [6.07, 6.45) is 2.87. The summed E-state index contributed by atoms with van der Waals surface area (Å²) >= 11 is 0. The van der Waals surface area contributed by atoms with Crippen molar-refractivity contribution in [2.75, 3.05) is 5.32 Å². The quantitative estimate of drug-likeness (QED) is 0.611. The lowest BCUT2D eigenvalue weighted by Gasteiger charge is -2.04. The number of nitrogens with zero attached hydrogens (tertiary/aromatic N) is 4. The number of rotatable bonds is 4. The summed E-state index contributed by atoms with van der Waals surface area (Å²) < 4.78 is 19.7. The molecule has 4 rings (SSSR count). The fourth-order valence-corrected chi connectivity index (χ4v) is 2.41. The summed E-state index contributed by atoms with van der Waals surface area (Å²) in [6, 6.07) is 14.5. The Morgan fingerprint density at radius 1 is 1.12 bits per heavy atom. The van der Waals surface area contributed by atoms with Gasteiger partial charge in [0.05, 0.1) is 5.69 Å². The second-order valence-electron chi connectivity index (χ2n) is 5.40. The first-order valence-electron chi connectivity index (χ1n) is 7.68. The summed E-state index contributed by atoms with van der Waals surface area (Å²) in [4.78, 5) is 12.4. The first-order valence-corrected chi connectivity index (χ1v) is 7.68. The van der Waals surface area contributed by atoms with Crippen molar-refractivity contribution in [2.24, 2.45) is 0 Å². The molecule has 1 N–H and O–H groups in total. The molecule has 2 aromatic carbocycles. The van der Waals surface area contributed by atoms with Crippen molar-refractivity contribution < 1.29 is 13.6 Å². The predicted octanol–water partition coefficient (Wildman–Crippen LogP) is 3.31. The molecule has 4 aromatic rings. The minimum Gasteiger partial charge on any atom is -0.423 e. The van der Waals surface area contributed by atoms with E-state index < -0.39 is 0 Å². The van der Waals surface area contributed by atoms with E-state index in [1.165, 1.54) is 23.2 Å². The summed E-state index contributed by atoms with van der Waals surface area (Å²) in [5.74, 6) is -0.338. The van der Waals surface area contributed by atoms with Crippen molar-refractivity contribution in [2.45, 2.75) is 0 Å². The molecule has 1 amide bonds. The predicted molar refractivity (Wildman–Crippen MR) is 91.2 cm³/mol. The van der Waals surface area contributed by atoms with Gasteiger partial charge in [-0.3, -0.25) is 4.79 Å². The maximum atomic E-state index is 13.0. The van der Waals surface area contributed by atoms with Gasteiger partial charge in [0.25, 0.3) is 5.91 Å². The van der Waals surface area contributed by atoms with Gasteiger partial charge < -0.3 is 9.73 Å². The molecular formula is C18H12FN5O2. The minimum atomic E-state index is -0.367. The first kappa shape index (κ1) is 15.7. The number of nitrogens with one attached hydrogen (secondary N) is 1. The highest BCUT2D eigenvalue weighted by atomic mass is 19.1. The van der Waals surface area contributed by atoms with Crippen LogP contribution >= 0.6 is 0 Å². The average Bonchev–Trinajstić information content (AvgIpc) is 3.35. The summed E-state index contributed by atoms with van der Waals surface area (Å²) in [6.45, 7) is 0. The zero-order valence-electron chi connectivity index (χ0n) is 13.3. The standard InChI is InChI=1S/C18H12FN5O2/c19-13-4-6-15(7-5-13)24-9-8-16(23-24)17(25)21-14-3-1-2-12(10-14)18-22-20-11-26-18/h1-11H,(H,21,25). The van der Waals surface area contributed by atoms with Gasteiger partial charge in [0, 0.05) is 17.4 Å². The second kappa shape index (κ2) is 6.60. The van der Waals surface area contributed by atoms with Crippen molar-refractivity contribution in [1.29, 1.82) is 0 Å². The Morgan fingerprint density at radius 3 is 2.73 bits per heavy atom. The smallest absolute Gasteiger partial charge is 0.276 e. The highest BCUT2D eigenvalue weighted by molar-refractivity contribution is 6.03. The SMILES string of the molecule is O=C(Nc1cccc(-c2nnco2)c1)c1ccn(-c2ccc(F)cc2)n1. The zero-order chi connectivity index (χ0) is 17.9. The Balaban J connectivity index is 1.52. The van der Waals surface area contributed by atoms with E-state index in [0.717, 1.165) is 0 Å². The molecule has 0 fully saturated rings. The molecule has 26 heavy (non-hydrogen) atoms. The second-order valence-corrected chi connectivity index (χ2v) is 5.40. The van der Waals surface area contributed by atoms with E-state index in [2.05, 4.69) is 20.6 Å². The van der Waals surface area contributed by atoms with E-state index in [1.54, 1.807) is 48.7 Å². The number of aromatic nitrogens is 4. The van der Waals surface area contributed by atoms with Crippen LogP contribution in [0.5, 0.6) is 0 Å². The van der Waals surface area contributed by atoms with Gasteiger partial charge in [-0.1, -0.05) is 6.07 Å². The van der Waals surface area contributed by atoms with Crippen molar-refractivity contribution >= 4 is 11.6 Å². The third-order valence-corrected chi connectivity index (χ3v) is 3.64. The molecule has 2 heterocycles. The van der Waals surface area contributed by atoms with Crippen LogP contribution in [-0.4, -0.2) is 25.9 Å². The number of amides is 1. The molecule has 0 aliphatic heterocycles. The van der Waals surface area contributed by atoms with Gasteiger partial charge in [0.2, 0.25) is 12.3 Å². The molecule has 0 bridgehead atoms. The Bertz CT molecular complexity index is 1040. The van der Waals surface area contributed by atoms with Gasteiger partial charge in [0.1, 0.15) is 5.82 Å². The molecule has 2 aromatic heterocycles. The number of halogens is 1. The zero-order valence-corrected chi connectivity index (χ0v) is 13.3. The highest BCUT2D eigenvalue weighted by Gasteiger charge is 2.12. The maximum absolute atomic E-state index is 13.0. The summed E-state index contributed by atoms with van der Waals surface area (Å²) in [5.41, 5.74) is 2.15. The number of benzene rings is 2. The molecule has 0 aliphatic carbocycles. The van der Waals surface area contributed by atoms with Crippen molar-refractivity contribution in [1.82, 2.24) is 20.0 Å². The van der Waals surface area contributed by atoms with E-state index in [9.17, 15) is 9.18 Å². The molecular weight excluding hydrogens is 337 g/mol. The van der Waals surface area contributed by atoms with Gasteiger partial charge in [-0.05, 0) is 48.5 Å². The highest BCUT2D eigenvalue weighted by Crippen LogP contribution is 2.20.